The van der Waals surface area contributed by atoms with E-state index >= 15 is 0 Å². The van der Waals surface area contributed by atoms with Crippen molar-refractivity contribution in [3.05, 3.63) is 95.6 Å². The molecule has 0 saturated heterocycles. The highest BCUT2D eigenvalue weighted by Crippen LogP contribution is 2.23. The van der Waals surface area contributed by atoms with Gasteiger partial charge in [-0.05, 0) is 47.4 Å². The van der Waals surface area contributed by atoms with E-state index in [1.807, 2.05) is 78.9 Å². The van der Waals surface area contributed by atoms with Crippen LogP contribution in [-0.4, -0.2) is 44.1 Å². The first-order valence-electron chi connectivity index (χ1n) is 11.1. The molecule has 5 nitrogen and oxygen atoms in total. The molecule has 0 aliphatic carbocycles. The lowest BCUT2D eigenvalue weighted by Gasteiger charge is -2.22. The molecule has 0 fully saturated rings. The summed E-state index contributed by atoms with van der Waals surface area (Å²) in [6.07, 6.45) is 2.20. The van der Waals surface area contributed by atoms with Gasteiger partial charge in [0.1, 0.15) is 5.75 Å². The van der Waals surface area contributed by atoms with Gasteiger partial charge in [-0.15, -0.1) is 23.2 Å². The van der Waals surface area contributed by atoms with E-state index in [9.17, 15) is 4.79 Å². The third kappa shape index (κ3) is 7.51. The maximum absolute atomic E-state index is 13.1. The molecule has 34 heavy (non-hydrogen) atoms. The van der Waals surface area contributed by atoms with Gasteiger partial charge >= 0.3 is 0 Å². The molecular formula is C27H29Cl2N3O2. The number of rotatable bonds is 12. The summed E-state index contributed by atoms with van der Waals surface area (Å²) in [5.74, 6) is 1.32. The Kier molecular flexibility index (Phi) is 10.3. The van der Waals surface area contributed by atoms with Crippen LogP contribution in [0.4, 0.5) is 5.69 Å². The SMILES string of the molecule is COc1ccc(C[C@@H](C(=O)N/N=C\c2ccc(N(CCCl)CCCl)cc2)c2ccccc2)cc1. The van der Waals surface area contributed by atoms with Gasteiger partial charge < -0.3 is 9.64 Å². The summed E-state index contributed by atoms with van der Waals surface area (Å²) in [4.78, 5) is 15.2. The van der Waals surface area contributed by atoms with Crippen molar-refractivity contribution in [1.82, 2.24) is 5.43 Å². The fraction of sp³-hybridized carbons (Fsp3) is 0.259. The molecule has 0 bridgehead atoms. The molecule has 3 aromatic rings. The zero-order valence-corrected chi connectivity index (χ0v) is 20.7. The lowest BCUT2D eigenvalue weighted by atomic mass is 9.91. The van der Waals surface area contributed by atoms with Gasteiger partial charge in [0, 0.05) is 30.5 Å². The van der Waals surface area contributed by atoms with Gasteiger partial charge in [0.25, 0.3) is 0 Å². The molecule has 0 aliphatic heterocycles. The smallest absolute Gasteiger partial charge is 0.247 e. The molecule has 0 unspecified atom stereocenters. The number of halogens is 2. The molecule has 0 spiro atoms. The number of nitrogens with one attached hydrogen (secondary N) is 1. The van der Waals surface area contributed by atoms with Crippen molar-refractivity contribution in [2.75, 3.05) is 36.9 Å². The summed E-state index contributed by atoms with van der Waals surface area (Å²) in [6.45, 7) is 1.46. The Bertz CT molecular complexity index is 1040. The van der Waals surface area contributed by atoms with Gasteiger partial charge in [0.05, 0.1) is 19.2 Å². The second kappa shape index (κ2) is 13.6. The zero-order chi connectivity index (χ0) is 24.2. The number of carbonyl (C=O) groups is 1. The number of anilines is 1. The lowest BCUT2D eigenvalue weighted by Crippen LogP contribution is -2.27. The van der Waals surface area contributed by atoms with Crippen LogP contribution in [-0.2, 0) is 11.2 Å². The molecule has 3 rings (SSSR count). The highest BCUT2D eigenvalue weighted by molar-refractivity contribution is 6.18. The van der Waals surface area contributed by atoms with Crippen LogP contribution < -0.4 is 15.1 Å². The fourth-order valence-corrected chi connectivity index (χ4v) is 4.05. The number of hydrogen-bond acceptors (Lipinski definition) is 4. The van der Waals surface area contributed by atoms with Crippen molar-refractivity contribution in [3.63, 3.8) is 0 Å². The Balaban J connectivity index is 1.67. The van der Waals surface area contributed by atoms with Crippen molar-refractivity contribution in [2.45, 2.75) is 12.3 Å². The second-order valence-electron chi connectivity index (χ2n) is 7.71. The Labute approximate surface area is 211 Å². The molecule has 178 valence electrons. The van der Waals surface area contributed by atoms with Crippen LogP contribution in [0.25, 0.3) is 0 Å². The van der Waals surface area contributed by atoms with Crippen LogP contribution >= 0.6 is 23.2 Å². The molecule has 3 aromatic carbocycles. The minimum absolute atomic E-state index is 0.162. The number of amides is 1. The predicted octanol–water partition coefficient (Wildman–Crippen LogP) is 5.46. The quantitative estimate of drug-likeness (QED) is 0.205. The summed E-state index contributed by atoms with van der Waals surface area (Å²) in [6, 6.07) is 25.4. The van der Waals surface area contributed by atoms with E-state index in [-0.39, 0.29) is 11.8 Å². The second-order valence-corrected chi connectivity index (χ2v) is 8.46. The van der Waals surface area contributed by atoms with E-state index in [1.54, 1.807) is 13.3 Å². The van der Waals surface area contributed by atoms with Gasteiger partial charge in [-0.3, -0.25) is 4.79 Å². The number of carbonyl (C=O) groups excluding carboxylic acids is 1. The summed E-state index contributed by atoms with van der Waals surface area (Å²) in [5.41, 5.74) is 6.62. The van der Waals surface area contributed by atoms with Crippen LogP contribution in [0.5, 0.6) is 5.75 Å². The number of nitrogens with zero attached hydrogens (tertiary/aromatic N) is 2. The van der Waals surface area contributed by atoms with Gasteiger partial charge in [-0.25, -0.2) is 5.43 Å². The van der Waals surface area contributed by atoms with Gasteiger partial charge in [0.15, 0.2) is 0 Å². The monoisotopic (exact) mass is 497 g/mol. The Hall–Kier alpha value is -3.02. The van der Waals surface area contributed by atoms with Crippen LogP contribution in [0.3, 0.4) is 0 Å². The Morgan fingerprint density at radius 3 is 2.21 bits per heavy atom. The van der Waals surface area contributed by atoms with Crippen LogP contribution in [0.1, 0.15) is 22.6 Å². The average molecular weight is 498 g/mol. The van der Waals surface area contributed by atoms with E-state index in [2.05, 4.69) is 15.4 Å². The van der Waals surface area contributed by atoms with E-state index in [4.69, 9.17) is 27.9 Å². The molecule has 1 N–H and O–H groups in total. The molecule has 1 atom stereocenters. The van der Waals surface area contributed by atoms with Gasteiger partial charge in [-0.1, -0.05) is 54.6 Å². The van der Waals surface area contributed by atoms with Crippen LogP contribution in [0, 0.1) is 0 Å². The number of ether oxygens (including phenoxy) is 1. The van der Waals surface area contributed by atoms with Crippen molar-refractivity contribution >= 4 is 41.0 Å². The van der Waals surface area contributed by atoms with Gasteiger partial charge in [-0.2, -0.15) is 5.10 Å². The molecule has 0 heterocycles. The lowest BCUT2D eigenvalue weighted by molar-refractivity contribution is -0.122. The normalized spacial score (nSPS) is 11.9. The number of benzene rings is 3. The van der Waals surface area contributed by atoms with E-state index in [1.165, 1.54) is 0 Å². The standard InChI is InChI=1S/C27H29Cl2N3O2/c1-34-25-13-9-21(10-14-25)19-26(23-5-3-2-4-6-23)27(33)31-30-20-22-7-11-24(12-8-22)32(17-15-28)18-16-29/h2-14,20,26H,15-19H2,1H3,(H,31,33)/b30-20-/t26-/m1/s1. The Morgan fingerprint density at radius 1 is 0.971 bits per heavy atom. The van der Waals surface area contributed by atoms with Crippen molar-refractivity contribution in [3.8, 4) is 5.75 Å². The van der Waals surface area contributed by atoms with Crippen LogP contribution in [0.15, 0.2) is 84.0 Å². The molecule has 0 radical (unpaired) electrons. The topological polar surface area (TPSA) is 53.9 Å². The number of hydrogen-bond donors (Lipinski definition) is 1. The van der Waals surface area contributed by atoms with E-state index in [0.29, 0.717) is 18.2 Å². The molecule has 0 aliphatic rings. The summed E-state index contributed by atoms with van der Waals surface area (Å²) in [5, 5.41) is 4.20. The third-order valence-electron chi connectivity index (χ3n) is 5.47. The predicted molar refractivity (Wildman–Crippen MR) is 142 cm³/mol. The first-order valence-corrected chi connectivity index (χ1v) is 12.2. The first kappa shape index (κ1) is 25.6. The third-order valence-corrected chi connectivity index (χ3v) is 5.81. The first-order chi connectivity index (χ1) is 16.6. The zero-order valence-electron chi connectivity index (χ0n) is 19.2. The molecule has 1 amide bonds. The van der Waals surface area contributed by atoms with E-state index in [0.717, 1.165) is 41.2 Å². The molecule has 0 aromatic heterocycles. The molecule has 0 saturated carbocycles. The highest BCUT2D eigenvalue weighted by atomic mass is 35.5. The van der Waals surface area contributed by atoms with Crippen molar-refractivity contribution in [2.24, 2.45) is 5.10 Å². The van der Waals surface area contributed by atoms with Crippen molar-refractivity contribution in [1.29, 1.82) is 0 Å². The summed E-state index contributed by atoms with van der Waals surface area (Å²) >= 11 is 11.8. The molecular weight excluding hydrogens is 469 g/mol. The van der Waals surface area contributed by atoms with E-state index < -0.39 is 0 Å². The maximum atomic E-state index is 13.1. The highest BCUT2D eigenvalue weighted by Gasteiger charge is 2.21. The number of methoxy groups -OCH3 is 1. The largest absolute Gasteiger partial charge is 0.497 e. The minimum Gasteiger partial charge on any atom is -0.497 e. The fourth-order valence-electron chi connectivity index (χ4n) is 3.64. The number of hydrazone groups is 1. The number of alkyl halides is 2. The maximum Gasteiger partial charge on any atom is 0.247 e. The van der Waals surface area contributed by atoms with Crippen molar-refractivity contribution < 1.29 is 9.53 Å². The van der Waals surface area contributed by atoms with Gasteiger partial charge in [0.2, 0.25) is 5.91 Å². The summed E-state index contributed by atoms with van der Waals surface area (Å²) in [7, 11) is 1.64. The minimum atomic E-state index is -0.367. The average Bonchev–Trinajstić information content (AvgIpc) is 2.88. The Morgan fingerprint density at radius 2 is 1.62 bits per heavy atom. The molecule has 7 heteroatoms. The van der Waals surface area contributed by atoms with Crippen LogP contribution in [0.2, 0.25) is 0 Å². The summed E-state index contributed by atoms with van der Waals surface area (Å²) < 4.78 is 5.23.